The molecular formula is C10H18O3. The van der Waals surface area contributed by atoms with Crippen LogP contribution in [-0.4, -0.2) is 21.8 Å². The van der Waals surface area contributed by atoms with Crippen LogP contribution >= 0.6 is 0 Å². The zero-order valence-corrected chi connectivity index (χ0v) is 8.29. The van der Waals surface area contributed by atoms with Crippen LogP contribution in [0.2, 0.25) is 0 Å². The third-order valence-corrected chi connectivity index (χ3v) is 2.26. The van der Waals surface area contributed by atoms with E-state index >= 15 is 0 Å². The highest BCUT2D eigenvalue weighted by molar-refractivity contribution is 5.71. The van der Waals surface area contributed by atoms with Crippen LogP contribution in [0, 0.1) is 5.92 Å². The van der Waals surface area contributed by atoms with E-state index in [0.29, 0.717) is 6.42 Å². The van der Waals surface area contributed by atoms with Gasteiger partial charge in [0.25, 0.3) is 0 Å². The largest absolute Gasteiger partial charge is 0.481 e. The average Bonchev–Trinajstić information content (AvgIpc) is 2.04. The fourth-order valence-electron chi connectivity index (χ4n) is 1.22. The van der Waals surface area contributed by atoms with E-state index in [2.05, 4.69) is 6.58 Å². The molecule has 3 nitrogen and oxygen atoms in total. The lowest BCUT2D eigenvalue weighted by atomic mass is 9.85. The van der Waals surface area contributed by atoms with Crippen molar-refractivity contribution in [1.82, 2.24) is 0 Å². The number of aliphatic hydroxyl groups is 1. The van der Waals surface area contributed by atoms with E-state index in [-0.39, 0.29) is 0 Å². The summed E-state index contributed by atoms with van der Waals surface area (Å²) in [7, 11) is 0. The van der Waals surface area contributed by atoms with Gasteiger partial charge < -0.3 is 10.2 Å². The minimum atomic E-state index is -1.30. The quantitative estimate of drug-likeness (QED) is 0.622. The minimum Gasteiger partial charge on any atom is -0.481 e. The first-order valence-corrected chi connectivity index (χ1v) is 4.54. The summed E-state index contributed by atoms with van der Waals surface area (Å²) in [4.78, 5) is 10.8. The SMILES string of the molecule is C=CC(C)(O)C(CCCC)C(=O)O. The third-order valence-electron chi connectivity index (χ3n) is 2.26. The molecule has 0 aromatic heterocycles. The van der Waals surface area contributed by atoms with Crippen LogP contribution in [0.15, 0.2) is 12.7 Å². The van der Waals surface area contributed by atoms with Crippen molar-refractivity contribution in [3.8, 4) is 0 Å². The Morgan fingerprint density at radius 1 is 1.69 bits per heavy atom. The predicted molar refractivity (Wildman–Crippen MR) is 51.5 cm³/mol. The van der Waals surface area contributed by atoms with Gasteiger partial charge in [0.2, 0.25) is 0 Å². The van der Waals surface area contributed by atoms with Crippen LogP contribution in [0.3, 0.4) is 0 Å². The Balaban J connectivity index is 4.41. The molecule has 2 unspecified atom stereocenters. The molecule has 0 spiro atoms. The predicted octanol–water partition coefficient (Wildman–Crippen LogP) is 1.81. The van der Waals surface area contributed by atoms with Crippen molar-refractivity contribution in [2.45, 2.75) is 38.7 Å². The molecule has 0 aliphatic carbocycles. The first-order chi connectivity index (χ1) is 5.95. The van der Waals surface area contributed by atoms with Gasteiger partial charge in [0.15, 0.2) is 0 Å². The summed E-state index contributed by atoms with van der Waals surface area (Å²) in [6.45, 7) is 6.90. The van der Waals surface area contributed by atoms with Crippen molar-refractivity contribution < 1.29 is 15.0 Å². The van der Waals surface area contributed by atoms with E-state index < -0.39 is 17.5 Å². The second kappa shape index (κ2) is 5.02. The topological polar surface area (TPSA) is 57.5 Å². The second-order valence-corrected chi connectivity index (χ2v) is 3.46. The number of carboxylic acids is 1. The molecule has 0 radical (unpaired) electrons. The maximum Gasteiger partial charge on any atom is 0.309 e. The van der Waals surface area contributed by atoms with Crippen LogP contribution in [0.5, 0.6) is 0 Å². The molecule has 0 rings (SSSR count). The van der Waals surface area contributed by atoms with E-state index in [9.17, 15) is 9.90 Å². The van der Waals surface area contributed by atoms with Crippen molar-refractivity contribution in [3.63, 3.8) is 0 Å². The van der Waals surface area contributed by atoms with Gasteiger partial charge in [0.05, 0.1) is 11.5 Å². The van der Waals surface area contributed by atoms with E-state index in [1.165, 1.54) is 13.0 Å². The van der Waals surface area contributed by atoms with E-state index in [0.717, 1.165) is 12.8 Å². The molecule has 0 aliphatic heterocycles. The monoisotopic (exact) mass is 186 g/mol. The Bertz CT molecular complexity index is 185. The third kappa shape index (κ3) is 3.59. The zero-order valence-electron chi connectivity index (χ0n) is 8.29. The van der Waals surface area contributed by atoms with Crippen molar-refractivity contribution in [1.29, 1.82) is 0 Å². The molecule has 0 saturated heterocycles. The van der Waals surface area contributed by atoms with Crippen molar-refractivity contribution in [2.24, 2.45) is 5.92 Å². The van der Waals surface area contributed by atoms with Gasteiger partial charge >= 0.3 is 5.97 Å². The van der Waals surface area contributed by atoms with Gasteiger partial charge in [-0.15, -0.1) is 6.58 Å². The number of rotatable bonds is 6. The van der Waals surface area contributed by atoms with Crippen LogP contribution < -0.4 is 0 Å². The van der Waals surface area contributed by atoms with Gasteiger partial charge in [-0.05, 0) is 13.3 Å². The average molecular weight is 186 g/mol. The van der Waals surface area contributed by atoms with Crippen molar-refractivity contribution in [2.75, 3.05) is 0 Å². The summed E-state index contributed by atoms with van der Waals surface area (Å²) in [6, 6.07) is 0. The lowest BCUT2D eigenvalue weighted by Gasteiger charge is -2.26. The van der Waals surface area contributed by atoms with Gasteiger partial charge in [-0.1, -0.05) is 25.8 Å². The number of hydrogen-bond acceptors (Lipinski definition) is 2. The smallest absolute Gasteiger partial charge is 0.309 e. The van der Waals surface area contributed by atoms with Gasteiger partial charge in [0, 0.05) is 0 Å². The number of hydrogen-bond donors (Lipinski definition) is 2. The lowest BCUT2D eigenvalue weighted by molar-refractivity contribution is -0.148. The Labute approximate surface area is 79.1 Å². The first-order valence-electron chi connectivity index (χ1n) is 4.54. The molecule has 0 aromatic carbocycles. The minimum absolute atomic E-state index is 0.491. The second-order valence-electron chi connectivity index (χ2n) is 3.46. The first kappa shape index (κ1) is 12.2. The highest BCUT2D eigenvalue weighted by Crippen LogP contribution is 2.24. The molecule has 0 heterocycles. The highest BCUT2D eigenvalue weighted by Gasteiger charge is 2.33. The summed E-state index contributed by atoms with van der Waals surface area (Å²) in [5.41, 5.74) is -1.30. The lowest BCUT2D eigenvalue weighted by Crippen LogP contribution is -2.37. The normalized spacial score (nSPS) is 17.5. The zero-order chi connectivity index (χ0) is 10.5. The van der Waals surface area contributed by atoms with Crippen molar-refractivity contribution in [3.05, 3.63) is 12.7 Å². The van der Waals surface area contributed by atoms with Crippen LogP contribution in [-0.2, 0) is 4.79 Å². The Morgan fingerprint density at radius 3 is 2.54 bits per heavy atom. The molecule has 0 saturated carbocycles. The molecule has 2 N–H and O–H groups in total. The number of unbranched alkanes of at least 4 members (excludes halogenated alkanes) is 1. The molecule has 0 aromatic rings. The molecule has 2 atom stereocenters. The number of aliphatic carboxylic acids is 1. The Morgan fingerprint density at radius 2 is 2.23 bits per heavy atom. The molecule has 76 valence electrons. The van der Waals surface area contributed by atoms with E-state index in [1.54, 1.807) is 0 Å². The van der Waals surface area contributed by atoms with Crippen LogP contribution in [0.4, 0.5) is 0 Å². The van der Waals surface area contributed by atoms with Gasteiger partial charge in [-0.3, -0.25) is 4.79 Å². The molecular weight excluding hydrogens is 168 g/mol. The summed E-state index contributed by atoms with van der Waals surface area (Å²) < 4.78 is 0. The molecule has 3 heteroatoms. The van der Waals surface area contributed by atoms with Gasteiger partial charge in [0.1, 0.15) is 0 Å². The van der Waals surface area contributed by atoms with E-state index in [4.69, 9.17) is 5.11 Å². The summed E-state index contributed by atoms with van der Waals surface area (Å²) in [6.07, 6.45) is 3.52. The number of carbonyl (C=O) groups is 1. The molecule has 0 amide bonds. The molecule has 0 fully saturated rings. The fraction of sp³-hybridized carbons (Fsp3) is 0.700. The maximum absolute atomic E-state index is 10.8. The number of carboxylic acid groups (broad SMARTS) is 1. The van der Waals surface area contributed by atoms with Gasteiger partial charge in [-0.2, -0.15) is 0 Å². The standard InChI is InChI=1S/C10H18O3/c1-4-6-7-8(9(11)12)10(3,13)5-2/h5,8,13H,2,4,6-7H2,1,3H3,(H,11,12). The molecule has 13 heavy (non-hydrogen) atoms. The van der Waals surface area contributed by atoms with Crippen LogP contribution in [0.25, 0.3) is 0 Å². The molecule has 0 aliphatic rings. The Hall–Kier alpha value is -0.830. The van der Waals surface area contributed by atoms with Crippen molar-refractivity contribution >= 4 is 5.97 Å². The highest BCUT2D eigenvalue weighted by atomic mass is 16.4. The van der Waals surface area contributed by atoms with E-state index in [1.807, 2.05) is 6.92 Å². The summed E-state index contributed by atoms with van der Waals surface area (Å²) in [5, 5.41) is 18.5. The molecule has 0 bridgehead atoms. The maximum atomic E-state index is 10.8. The summed E-state index contributed by atoms with van der Waals surface area (Å²) in [5.74, 6) is -1.71. The van der Waals surface area contributed by atoms with Crippen LogP contribution in [0.1, 0.15) is 33.1 Å². The summed E-state index contributed by atoms with van der Waals surface area (Å²) >= 11 is 0. The van der Waals surface area contributed by atoms with Gasteiger partial charge in [-0.25, -0.2) is 0 Å². The fourth-order valence-corrected chi connectivity index (χ4v) is 1.22. The Kier molecular flexibility index (Phi) is 4.70.